The molecule has 0 aliphatic rings. The molecule has 0 amide bonds. The molecule has 2 nitrogen and oxygen atoms in total. The number of hydrogen-bond donors (Lipinski definition) is 0. The Morgan fingerprint density at radius 2 is 1.57 bits per heavy atom. The van der Waals surface area contributed by atoms with Crippen LogP contribution < -0.4 is 0 Å². The van der Waals surface area contributed by atoms with Gasteiger partial charge in [0.15, 0.2) is 0 Å². The third-order valence-electron chi connectivity index (χ3n) is 2.11. The van der Waals surface area contributed by atoms with Crippen LogP contribution in [0.5, 0.6) is 0 Å². The van der Waals surface area contributed by atoms with Crippen molar-refractivity contribution in [2.75, 3.05) is 14.2 Å². The molecule has 0 bridgehead atoms. The van der Waals surface area contributed by atoms with Crippen molar-refractivity contribution in [2.45, 2.75) is 11.4 Å². The molecule has 0 fully saturated rings. The fourth-order valence-electron chi connectivity index (χ4n) is 1.22. The van der Waals surface area contributed by atoms with Gasteiger partial charge in [0.25, 0.3) is 0 Å². The lowest BCUT2D eigenvalue weighted by molar-refractivity contribution is 0.277. The van der Waals surface area contributed by atoms with E-state index in [9.17, 15) is 0 Å². The van der Waals surface area contributed by atoms with E-state index in [2.05, 4.69) is 40.2 Å². The molecule has 1 aromatic carbocycles. The van der Waals surface area contributed by atoms with Crippen molar-refractivity contribution in [2.24, 2.45) is 0 Å². The molecule has 0 saturated heterocycles. The maximum absolute atomic E-state index is 5.27. The van der Waals surface area contributed by atoms with Crippen LogP contribution in [0.25, 0.3) is 0 Å². The number of rotatable bonds is 5. The summed E-state index contributed by atoms with van der Waals surface area (Å²) in [6.45, 7) is 0. The Balaban J connectivity index is 2.58. The smallest absolute Gasteiger partial charge is 0.325 e. The van der Waals surface area contributed by atoms with Crippen LogP contribution in [-0.2, 0) is 20.2 Å². The highest BCUT2D eigenvalue weighted by atomic mass is 79.9. The first kappa shape index (κ1) is 11.9. The summed E-state index contributed by atoms with van der Waals surface area (Å²) in [5.74, 6) is 0. The van der Waals surface area contributed by atoms with Gasteiger partial charge in [-0.15, -0.1) is 0 Å². The van der Waals surface area contributed by atoms with Crippen LogP contribution in [0.15, 0.2) is 24.3 Å². The van der Waals surface area contributed by atoms with E-state index in [1.165, 1.54) is 11.1 Å². The molecule has 0 aliphatic carbocycles. The highest BCUT2D eigenvalue weighted by molar-refractivity contribution is 9.08. The SMILES string of the molecule is CO[SiH](Cc1ccc(CBr)cc1)OC. The highest BCUT2D eigenvalue weighted by Crippen LogP contribution is 2.09. The maximum Gasteiger partial charge on any atom is 0.325 e. The maximum atomic E-state index is 5.27. The van der Waals surface area contributed by atoms with Crippen LogP contribution in [0.1, 0.15) is 11.1 Å². The molecule has 0 radical (unpaired) electrons. The molecule has 1 aromatic rings. The second-order valence-corrected chi connectivity index (χ2v) is 5.83. The first-order chi connectivity index (χ1) is 6.80. The topological polar surface area (TPSA) is 18.5 Å². The third-order valence-corrected chi connectivity index (χ3v) is 4.61. The average molecular weight is 275 g/mol. The fourth-order valence-corrected chi connectivity index (χ4v) is 2.78. The van der Waals surface area contributed by atoms with Crippen molar-refractivity contribution in [3.05, 3.63) is 35.4 Å². The Morgan fingerprint density at radius 3 is 2.00 bits per heavy atom. The Hall–Kier alpha value is -0.163. The van der Waals surface area contributed by atoms with Crippen LogP contribution >= 0.6 is 15.9 Å². The van der Waals surface area contributed by atoms with E-state index < -0.39 is 9.28 Å². The molecule has 14 heavy (non-hydrogen) atoms. The molecule has 0 heterocycles. The largest absolute Gasteiger partial charge is 0.400 e. The lowest BCUT2D eigenvalue weighted by Crippen LogP contribution is -2.22. The van der Waals surface area contributed by atoms with E-state index in [1.807, 2.05) is 0 Å². The minimum Gasteiger partial charge on any atom is -0.400 e. The van der Waals surface area contributed by atoms with Gasteiger partial charge in [0.1, 0.15) is 0 Å². The van der Waals surface area contributed by atoms with Gasteiger partial charge >= 0.3 is 9.28 Å². The van der Waals surface area contributed by atoms with Gasteiger partial charge in [0.2, 0.25) is 0 Å². The lowest BCUT2D eigenvalue weighted by Gasteiger charge is -2.10. The number of alkyl halides is 1. The minimum absolute atomic E-state index is 0.905. The molecule has 0 aliphatic heterocycles. The second kappa shape index (κ2) is 6.34. The van der Waals surface area contributed by atoms with Crippen molar-refractivity contribution in [3.8, 4) is 0 Å². The second-order valence-electron chi connectivity index (χ2n) is 3.06. The average Bonchev–Trinajstić information content (AvgIpc) is 2.26. The van der Waals surface area contributed by atoms with E-state index in [4.69, 9.17) is 8.85 Å². The minimum atomic E-state index is -1.46. The summed E-state index contributed by atoms with van der Waals surface area (Å²) in [7, 11) is 1.98. The van der Waals surface area contributed by atoms with Gasteiger partial charge in [0, 0.05) is 25.6 Å². The fraction of sp³-hybridized carbons (Fsp3) is 0.400. The van der Waals surface area contributed by atoms with Gasteiger partial charge in [-0.25, -0.2) is 0 Å². The Morgan fingerprint density at radius 1 is 1.07 bits per heavy atom. The zero-order valence-electron chi connectivity index (χ0n) is 8.50. The molecule has 0 atom stereocenters. The molecule has 0 saturated carbocycles. The van der Waals surface area contributed by atoms with Gasteiger partial charge < -0.3 is 8.85 Å². The standard InChI is InChI=1S/C10H15BrO2Si/c1-12-14(13-2)8-10-5-3-9(7-11)4-6-10/h3-6,14H,7-8H2,1-2H3. The molecule has 78 valence electrons. The van der Waals surface area contributed by atoms with Crippen molar-refractivity contribution in [3.63, 3.8) is 0 Å². The zero-order chi connectivity index (χ0) is 10.4. The summed E-state index contributed by atoms with van der Waals surface area (Å²) in [6.07, 6.45) is 0. The van der Waals surface area contributed by atoms with Crippen molar-refractivity contribution >= 4 is 25.2 Å². The summed E-state index contributed by atoms with van der Waals surface area (Å²) in [5.41, 5.74) is 2.58. The van der Waals surface area contributed by atoms with Gasteiger partial charge in [-0.1, -0.05) is 40.2 Å². The lowest BCUT2D eigenvalue weighted by atomic mass is 10.2. The molecule has 0 aromatic heterocycles. The van der Waals surface area contributed by atoms with Crippen molar-refractivity contribution < 1.29 is 8.85 Å². The molecule has 1 rings (SSSR count). The Labute approximate surface area is 95.2 Å². The molecular weight excluding hydrogens is 260 g/mol. The summed E-state index contributed by atoms with van der Waals surface area (Å²) in [5, 5.41) is 0.905. The monoisotopic (exact) mass is 274 g/mol. The van der Waals surface area contributed by atoms with Gasteiger partial charge in [0.05, 0.1) is 0 Å². The predicted molar refractivity (Wildman–Crippen MR) is 63.9 cm³/mol. The molecule has 0 spiro atoms. The van der Waals surface area contributed by atoms with E-state index >= 15 is 0 Å². The van der Waals surface area contributed by atoms with E-state index in [0.29, 0.717) is 0 Å². The number of halogens is 1. The van der Waals surface area contributed by atoms with Crippen LogP contribution in [0.4, 0.5) is 0 Å². The first-order valence-electron chi connectivity index (χ1n) is 4.49. The zero-order valence-corrected chi connectivity index (χ0v) is 11.2. The van der Waals surface area contributed by atoms with E-state index in [-0.39, 0.29) is 0 Å². The molecular formula is C10H15BrO2Si. The predicted octanol–water partition coefficient (Wildman–Crippen LogP) is 2.18. The molecule has 0 N–H and O–H groups in total. The summed E-state index contributed by atoms with van der Waals surface area (Å²) in [4.78, 5) is 0. The van der Waals surface area contributed by atoms with Gasteiger partial charge in [-0.05, 0) is 11.1 Å². The number of benzene rings is 1. The first-order valence-corrected chi connectivity index (χ1v) is 7.37. The normalized spacial score (nSPS) is 10.9. The van der Waals surface area contributed by atoms with Gasteiger partial charge in [-0.2, -0.15) is 0 Å². The summed E-state index contributed by atoms with van der Waals surface area (Å²) < 4.78 is 10.5. The summed E-state index contributed by atoms with van der Waals surface area (Å²) in [6, 6.07) is 9.44. The van der Waals surface area contributed by atoms with Crippen molar-refractivity contribution in [1.82, 2.24) is 0 Å². The van der Waals surface area contributed by atoms with Crippen LogP contribution in [0.3, 0.4) is 0 Å². The third kappa shape index (κ3) is 3.53. The van der Waals surface area contributed by atoms with Crippen LogP contribution in [0.2, 0.25) is 0 Å². The van der Waals surface area contributed by atoms with E-state index in [1.54, 1.807) is 14.2 Å². The summed E-state index contributed by atoms with van der Waals surface area (Å²) >= 11 is 3.42. The van der Waals surface area contributed by atoms with Gasteiger partial charge in [-0.3, -0.25) is 0 Å². The molecule has 4 heteroatoms. The quantitative estimate of drug-likeness (QED) is 0.605. The Kier molecular flexibility index (Phi) is 5.40. The number of hydrogen-bond acceptors (Lipinski definition) is 2. The Bertz CT molecular complexity index is 259. The van der Waals surface area contributed by atoms with E-state index in [0.717, 1.165) is 11.4 Å². The van der Waals surface area contributed by atoms with Crippen molar-refractivity contribution in [1.29, 1.82) is 0 Å². The molecule has 0 unspecified atom stereocenters. The highest BCUT2D eigenvalue weighted by Gasteiger charge is 2.09. The van der Waals surface area contributed by atoms with Crippen LogP contribution in [0, 0.1) is 0 Å². The van der Waals surface area contributed by atoms with Crippen LogP contribution in [-0.4, -0.2) is 23.5 Å².